The summed E-state index contributed by atoms with van der Waals surface area (Å²) in [5.74, 6) is -2.13. The Balaban J connectivity index is 2.14. The summed E-state index contributed by atoms with van der Waals surface area (Å²) in [5.41, 5.74) is 1.47. The smallest absolute Gasteiger partial charge is 0.340 e. The molecule has 0 radical (unpaired) electrons. The molecule has 30 heavy (non-hydrogen) atoms. The van der Waals surface area contributed by atoms with Crippen molar-refractivity contribution in [1.82, 2.24) is 4.31 Å². The van der Waals surface area contributed by atoms with Crippen LogP contribution in [0.2, 0.25) is 0 Å². The average Bonchev–Trinajstić information content (AvgIpc) is 3.04. The van der Waals surface area contributed by atoms with Gasteiger partial charge in [-0.2, -0.15) is 0 Å². The van der Waals surface area contributed by atoms with Crippen LogP contribution < -0.4 is 0 Å². The van der Waals surface area contributed by atoms with Crippen LogP contribution in [-0.2, 0) is 29.1 Å². The van der Waals surface area contributed by atoms with Crippen LogP contribution in [0.15, 0.2) is 76.9 Å². The number of aryl methyl sites for hydroxylation is 1. The van der Waals surface area contributed by atoms with E-state index in [0.29, 0.717) is 4.31 Å². The van der Waals surface area contributed by atoms with Gasteiger partial charge < -0.3 is 9.47 Å². The number of hydrogen-bond acceptors (Lipinski definition) is 6. The van der Waals surface area contributed by atoms with Crippen LogP contribution in [0.3, 0.4) is 0 Å². The van der Waals surface area contributed by atoms with E-state index in [1.807, 2.05) is 37.3 Å². The summed E-state index contributed by atoms with van der Waals surface area (Å²) in [7, 11) is -1.91. The first-order valence-corrected chi connectivity index (χ1v) is 10.5. The zero-order chi connectivity index (χ0) is 21.9. The van der Waals surface area contributed by atoms with E-state index in [0.717, 1.165) is 18.2 Å². The van der Waals surface area contributed by atoms with Crippen molar-refractivity contribution in [3.63, 3.8) is 0 Å². The summed E-state index contributed by atoms with van der Waals surface area (Å²) in [6, 6.07) is 14.0. The number of ether oxygens (including phenoxy) is 2. The predicted octanol–water partition coefficient (Wildman–Crippen LogP) is 2.68. The number of methoxy groups -OCH3 is 2. The Hall–Kier alpha value is -3.39. The standard InChI is InChI=1S/C22H21NO6S/c1-15-9-12-17(13-10-15)30(26,27)23-18(14-11-16-7-5-4-6-8-16)19(22(25)29-3)20(28-2)21(23)24/h4-14,18H,1-3H3/b14-11+. The Kier molecular flexibility index (Phi) is 6.07. The van der Waals surface area contributed by atoms with Gasteiger partial charge in [0, 0.05) is 0 Å². The van der Waals surface area contributed by atoms with Crippen molar-refractivity contribution < 1.29 is 27.5 Å². The molecule has 0 fully saturated rings. The number of carbonyl (C=O) groups is 2. The number of esters is 1. The van der Waals surface area contributed by atoms with Crippen LogP contribution in [0.4, 0.5) is 0 Å². The number of carbonyl (C=O) groups excluding carboxylic acids is 2. The Morgan fingerprint density at radius 1 is 1.03 bits per heavy atom. The van der Waals surface area contributed by atoms with Gasteiger partial charge in [0.2, 0.25) is 0 Å². The van der Waals surface area contributed by atoms with Gasteiger partial charge in [0.25, 0.3) is 10.0 Å². The minimum Gasteiger partial charge on any atom is -0.491 e. The Bertz CT molecular complexity index is 1120. The predicted molar refractivity (Wildman–Crippen MR) is 111 cm³/mol. The fraction of sp³-hybridized carbons (Fsp3) is 0.182. The first kappa shape index (κ1) is 21.3. The van der Waals surface area contributed by atoms with E-state index in [1.54, 1.807) is 18.2 Å². The highest BCUT2D eigenvalue weighted by Crippen LogP contribution is 2.34. The summed E-state index contributed by atoms with van der Waals surface area (Å²) in [4.78, 5) is 25.4. The molecule has 1 heterocycles. The first-order valence-electron chi connectivity index (χ1n) is 9.06. The molecule has 0 N–H and O–H groups in total. The minimum absolute atomic E-state index is 0.0684. The highest BCUT2D eigenvalue weighted by atomic mass is 32.2. The number of nitrogens with zero attached hydrogens (tertiary/aromatic N) is 1. The zero-order valence-electron chi connectivity index (χ0n) is 16.7. The molecule has 7 nitrogen and oxygen atoms in total. The van der Waals surface area contributed by atoms with Gasteiger partial charge >= 0.3 is 11.9 Å². The monoisotopic (exact) mass is 427 g/mol. The van der Waals surface area contributed by atoms with Gasteiger partial charge in [-0.25, -0.2) is 17.5 Å². The molecule has 1 atom stereocenters. The van der Waals surface area contributed by atoms with Gasteiger partial charge in [-0.15, -0.1) is 0 Å². The quantitative estimate of drug-likeness (QED) is 0.659. The molecule has 3 rings (SSSR count). The molecule has 0 saturated carbocycles. The van der Waals surface area contributed by atoms with Gasteiger partial charge in [0.1, 0.15) is 11.6 Å². The van der Waals surface area contributed by atoms with Gasteiger partial charge in [-0.05, 0) is 24.6 Å². The van der Waals surface area contributed by atoms with Crippen molar-refractivity contribution in [3.8, 4) is 0 Å². The third kappa shape index (κ3) is 3.86. The molecule has 2 aromatic rings. The van der Waals surface area contributed by atoms with Crippen molar-refractivity contribution in [2.24, 2.45) is 0 Å². The van der Waals surface area contributed by atoms with Crippen molar-refractivity contribution in [3.05, 3.63) is 83.1 Å². The Morgan fingerprint density at radius 3 is 2.23 bits per heavy atom. The lowest BCUT2D eigenvalue weighted by molar-refractivity contribution is -0.136. The fourth-order valence-electron chi connectivity index (χ4n) is 3.14. The van der Waals surface area contributed by atoms with Gasteiger partial charge in [0.05, 0.1) is 19.1 Å². The van der Waals surface area contributed by atoms with E-state index in [1.165, 1.54) is 25.3 Å². The van der Waals surface area contributed by atoms with Crippen molar-refractivity contribution in [2.75, 3.05) is 14.2 Å². The first-order chi connectivity index (χ1) is 14.3. The molecule has 0 bridgehead atoms. The third-order valence-electron chi connectivity index (χ3n) is 4.65. The van der Waals surface area contributed by atoms with E-state index < -0.39 is 27.9 Å². The molecule has 1 aliphatic rings. The van der Waals surface area contributed by atoms with Crippen LogP contribution in [0, 0.1) is 6.92 Å². The molecule has 0 spiro atoms. The van der Waals surface area contributed by atoms with Gasteiger partial charge in [-0.3, -0.25) is 4.79 Å². The van der Waals surface area contributed by atoms with Crippen molar-refractivity contribution in [1.29, 1.82) is 0 Å². The molecule has 1 unspecified atom stereocenters. The summed E-state index contributed by atoms with van der Waals surface area (Å²) in [6.07, 6.45) is 3.11. The lowest BCUT2D eigenvalue weighted by Crippen LogP contribution is -2.40. The van der Waals surface area contributed by atoms with E-state index in [2.05, 4.69) is 0 Å². The van der Waals surface area contributed by atoms with E-state index >= 15 is 0 Å². The summed E-state index contributed by atoms with van der Waals surface area (Å²) in [6.45, 7) is 1.82. The van der Waals surface area contributed by atoms with Gasteiger partial charge in [0.15, 0.2) is 5.76 Å². The van der Waals surface area contributed by atoms with Crippen LogP contribution >= 0.6 is 0 Å². The highest BCUT2D eigenvalue weighted by molar-refractivity contribution is 7.89. The zero-order valence-corrected chi connectivity index (χ0v) is 17.5. The molecule has 1 aliphatic heterocycles. The SMILES string of the molecule is COC(=O)C1=C(OC)C(=O)N(S(=O)(=O)c2ccc(C)cc2)C1/C=C/c1ccccc1. The Labute approximate surface area is 175 Å². The number of sulfonamides is 1. The lowest BCUT2D eigenvalue weighted by Gasteiger charge is -2.23. The lowest BCUT2D eigenvalue weighted by atomic mass is 10.1. The second-order valence-electron chi connectivity index (χ2n) is 6.57. The number of rotatable bonds is 6. The van der Waals surface area contributed by atoms with Crippen LogP contribution in [0.25, 0.3) is 6.08 Å². The maximum Gasteiger partial charge on any atom is 0.340 e. The number of amides is 1. The third-order valence-corrected chi connectivity index (χ3v) is 6.42. The normalized spacial score (nSPS) is 17.0. The molecular formula is C22H21NO6S. The minimum atomic E-state index is -4.27. The number of benzene rings is 2. The second-order valence-corrected chi connectivity index (χ2v) is 8.39. The van der Waals surface area contributed by atoms with Crippen LogP contribution in [0.5, 0.6) is 0 Å². The maximum absolute atomic E-state index is 13.3. The maximum atomic E-state index is 13.3. The molecule has 8 heteroatoms. The number of hydrogen-bond donors (Lipinski definition) is 0. The summed E-state index contributed by atoms with van der Waals surface area (Å²) >= 11 is 0. The highest BCUT2D eigenvalue weighted by Gasteiger charge is 2.49. The molecular weight excluding hydrogens is 406 g/mol. The van der Waals surface area contributed by atoms with Gasteiger partial charge in [-0.1, -0.05) is 60.2 Å². The largest absolute Gasteiger partial charge is 0.491 e. The fourth-order valence-corrected chi connectivity index (χ4v) is 4.62. The molecule has 0 saturated heterocycles. The Morgan fingerprint density at radius 2 is 1.67 bits per heavy atom. The van der Waals surface area contributed by atoms with Crippen molar-refractivity contribution in [2.45, 2.75) is 17.9 Å². The van der Waals surface area contributed by atoms with E-state index in [4.69, 9.17) is 9.47 Å². The molecule has 1 amide bonds. The van der Waals surface area contributed by atoms with Crippen LogP contribution in [-0.4, -0.2) is 44.9 Å². The van der Waals surface area contributed by atoms with Crippen molar-refractivity contribution >= 4 is 28.0 Å². The summed E-state index contributed by atoms with van der Waals surface area (Å²) < 4.78 is 37.2. The van der Waals surface area contributed by atoms with E-state index in [9.17, 15) is 18.0 Å². The molecule has 0 aromatic heterocycles. The van der Waals surface area contributed by atoms with Crippen LogP contribution in [0.1, 0.15) is 11.1 Å². The molecule has 0 aliphatic carbocycles. The topological polar surface area (TPSA) is 90.0 Å². The van der Waals surface area contributed by atoms with E-state index in [-0.39, 0.29) is 16.2 Å². The second kappa shape index (κ2) is 8.54. The molecule has 156 valence electrons. The summed E-state index contributed by atoms with van der Waals surface area (Å²) in [5, 5.41) is 0. The molecule has 2 aromatic carbocycles. The average molecular weight is 427 g/mol.